The molecule has 2 saturated heterocycles. The van der Waals surface area contributed by atoms with E-state index in [0.717, 1.165) is 5.56 Å². The van der Waals surface area contributed by atoms with E-state index in [2.05, 4.69) is 20.8 Å². The molecule has 2 fully saturated rings. The molecular weight excluding hydrogens is 393 g/mol. The molecule has 0 aromatic heterocycles. The fourth-order valence-electron chi connectivity index (χ4n) is 4.90. The molecule has 7 heteroatoms. The average Bonchev–Trinajstić information content (AvgIpc) is 3.25. The second kappa shape index (κ2) is 9.01. The molecule has 3 unspecified atom stereocenters. The second-order valence-corrected chi connectivity index (χ2v) is 9.01. The monoisotopic (exact) mass is 423 g/mol. The van der Waals surface area contributed by atoms with E-state index in [-0.39, 0.29) is 46.4 Å². The maximum atomic E-state index is 13.4. The molecule has 0 aliphatic carbocycles. The molecule has 0 saturated carbocycles. The molecule has 1 amide bonds. The molecule has 1 aromatic rings. The number of hydrogen-bond acceptors (Lipinski definition) is 4. The third-order valence-electron chi connectivity index (χ3n) is 7.22. The molecule has 3 atom stereocenters. The fourth-order valence-corrected chi connectivity index (χ4v) is 4.90. The number of carbonyl (C=O) groups is 1. The van der Waals surface area contributed by atoms with Gasteiger partial charge in [-0.25, -0.2) is 4.39 Å². The standard InChI is InChI=1S/C24H30FN5O/c1-16-13-30(14-17(2)24(16,3)19-4-6-20(25)7-5-19)23(31)18-10-11-29(15-18)22(28)9-8-21(27)12-26/h4-9,16-18,27-28H,10-11,13-15H2,1-3H3/b9-8-,27-21?,28-22?. The van der Waals surface area contributed by atoms with Gasteiger partial charge in [0.1, 0.15) is 23.4 Å². The van der Waals surface area contributed by atoms with Gasteiger partial charge in [0.05, 0.1) is 5.92 Å². The topological polar surface area (TPSA) is 95.0 Å². The Labute approximate surface area is 183 Å². The SMILES string of the molecule is CC1CN(C(=O)C2CCN(C(=N)/C=C\C(=N)C#N)C2)CC(C)C1(C)c1ccc(F)cc1. The predicted octanol–water partition coefficient (Wildman–Crippen LogP) is 3.60. The molecule has 0 bridgehead atoms. The van der Waals surface area contributed by atoms with Crippen LogP contribution in [-0.2, 0) is 10.2 Å². The number of likely N-dealkylation sites (tertiary alicyclic amines) is 2. The summed E-state index contributed by atoms with van der Waals surface area (Å²) in [4.78, 5) is 17.0. The lowest BCUT2D eigenvalue weighted by Crippen LogP contribution is -2.55. The van der Waals surface area contributed by atoms with Gasteiger partial charge in [-0.1, -0.05) is 32.9 Å². The molecule has 2 aliphatic rings. The lowest BCUT2D eigenvalue weighted by atomic mass is 9.62. The van der Waals surface area contributed by atoms with Crippen LogP contribution in [0.15, 0.2) is 36.4 Å². The molecule has 2 N–H and O–H groups in total. The summed E-state index contributed by atoms with van der Waals surface area (Å²) < 4.78 is 13.4. The normalized spacial score (nSPS) is 28.5. The average molecular weight is 424 g/mol. The Bertz CT molecular complexity index is 920. The van der Waals surface area contributed by atoms with Gasteiger partial charge in [-0.3, -0.25) is 15.6 Å². The zero-order valence-corrected chi connectivity index (χ0v) is 18.4. The van der Waals surface area contributed by atoms with Crippen LogP contribution in [-0.4, -0.2) is 53.4 Å². The largest absolute Gasteiger partial charge is 0.356 e. The van der Waals surface area contributed by atoms with Crippen molar-refractivity contribution in [2.45, 2.75) is 32.6 Å². The number of nitrogens with zero attached hydrogens (tertiary/aromatic N) is 3. The molecular formula is C24H30FN5O. The minimum atomic E-state index is -0.240. The Morgan fingerprint density at radius 3 is 2.32 bits per heavy atom. The van der Waals surface area contributed by atoms with Crippen molar-refractivity contribution in [3.63, 3.8) is 0 Å². The van der Waals surface area contributed by atoms with Crippen molar-refractivity contribution < 1.29 is 9.18 Å². The summed E-state index contributed by atoms with van der Waals surface area (Å²) in [6.07, 6.45) is 3.44. The van der Waals surface area contributed by atoms with Crippen molar-refractivity contribution in [1.29, 1.82) is 16.1 Å². The quantitative estimate of drug-likeness (QED) is 0.572. The van der Waals surface area contributed by atoms with Gasteiger partial charge in [0.2, 0.25) is 5.91 Å². The molecule has 1 aromatic carbocycles. The molecule has 2 aliphatic heterocycles. The van der Waals surface area contributed by atoms with Crippen molar-refractivity contribution in [3.8, 4) is 6.07 Å². The number of benzene rings is 1. The molecule has 2 heterocycles. The van der Waals surface area contributed by atoms with Crippen LogP contribution in [0.5, 0.6) is 0 Å². The summed E-state index contributed by atoms with van der Waals surface area (Å²) in [6.45, 7) is 8.94. The van der Waals surface area contributed by atoms with Gasteiger partial charge >= 0.3 is 0 Å². The first-order valence-corrected chi connectivity index (χ1v) is 10.7. The predicted molar refractivity (Wildman–Crippen MR) is 119 cm³/mol. The van der Waals surface area contributed by atoms with Crippen LogP contribution in [0.1, 0.15) is 32.8 Å². The lowest BCUT2D eigenvalue weighted by Gasteiger charge is -2.50. The van der Waals surface area contributed by atoms with Crippen LogP contribution in [0.2, 0.25) is 0 Å². The fraction of sp³-hybridized carbons (Fsp3) is 0.500. The Morgan fingerprint density at radius 1 is 1.13 bits per heavy atom. The summed E-state index contributed by atoms with van der Waals surface area (Å²) in [6, 6.07) is 8.45. The van der Waals surface area contributed by atoms with Gasteiger partial charge < -0.3 is 9.80 Å². The number of piperidine rings is 1. The van der Waals surface area contributed by atoms with E-state index >= 15 is 0 Å². The first-order chi connectivity index (χ1) is 14.7. The second-order valence-electron chi connectivity index (χ2n) is 9.01. The maximum Gasteiger partial charge on any atom is 0.227 e. The zero-order chi connectivity index (χ0) is 22.8. The summed E-state index contributed by atoms with van der Waals surface area (Å²) in [5, 5.41) is 24.1. The molecule has 3 rings (SSSR count). The van der Waals surface area contributed by atoms with Gasteiger partial charge in [-0.15, -0.1) is 0 Å². The van der Waals surface area contributed by atoms with Crippen molar-refractivity contribution in [3.05, 3.63) is 47.8 Å². The first kappa shape index (κ1) is 22.7. The van der Waals surface area contributed by atoms with E-state index in [1.54, 1.807) is 6.07 Å². The Morgan fingerprint density at radius 2 is 1.74 bits per heavy atom. The van der Waals surface area contributed by atoms with E-state index in [1.807, 2.05) is 21.9 Å². The van der Waals surface area contributed by atoms with Gasteiger partial charge in [-0.05, 0) is 48.1 Å². The van der Waals surface area contributed by atoms with E-state index in [9.17, 15) is 9.18 Å². The maximum absolute atomic E-state index is 13.4. The number of allylic oxidation sites excluding steroid dienone is 1. The van der Waals surface area contributed by atoms with Gasteiger partial charge in [-0.2, -0.15) is 5.26 Å². The van der Waals surface area contributed by atoms with E-state index in [0.29, 0.717) is 32.6 Å². The van der Waals surface area contributed by atoms with Gasteiger partial charge in [0.15, 0.2) is 0 Å². The smallest absolute Gasteiger partial charge is 0.227 e. The van der Waals surface area contributed by atoms with Crippen molar-refractivity contribution in [2.24, 2.45) is 17.8 Å². The lowest BCUT2D eigenvalue weighted by molar-refractivity contribution is -0.139. The number of halogens is 1. The van der Waals surface area contributed by atoms with Gasteiger partial charge in [0, 0.05) is 31.6 Å². The number of nitriles is 1. The summed E-state index contributed by atoms with van der Waals surface area (Å²) in [5.41, 5.74) is 0.776. The van der Waals surface area contributed by atoms with Crippen LogP contribution in [0.4, 0.5) is 4.39 Å². The minimum absolute atomic E-state index is 0.129. The molecule has 0 radical (unpaired) electrons. The number of amides is 1. The molecule has 6 nitrogen and oxygen atoms in total. The van der Waals surface area contributed by atoms with Crippen LogP contribution in [0.3, 0.4) is 0 Å². The summed E-state index contributed by atoms with van der Waals surface area (Å²) in [7, 11) is 0. The number of nitrogens with one attached hydrogen (secondary N) is 2. The number of carbonyl (C=O) groups excluding carboxylic acids is 1. The molecule has 31 heavy (non-hydrogen) atoms. The highest BCUT2D eigenvalue weighted by Gasteiger charge is 2.45. The van der Waals surface area contributed by atoms with Crippen LogP contribution in [0.25, 0.3) is 0 Å². The van der Waals surface area contributed by atoms with E-state index in [4.69, 9.17) is 16.1 Å². The highest BCUT2D eigenvalue weighted by atomic mass is 19.1. The number of rotatable bonds is 4. The zero-order valence-electron chi connectivity index (χ0n) is 18.4. The highest BCUT2D eigenvalue weighted by molar-refractivity contribution is 6.08. The van der Waals surface area contributed by atoms with Gasteiger partial charge in [0.25, 0.3) is 0 Å². The van der Waals surface area contributed by atoms with Crippen LogP contribution >= 0.6 is 0 Å². The Balaban J connectivity index is 1.65. The van der Waals surface area contributed by atoms with Crippen molar-refractivity contribution in [1.82, 2.24) is 9.80 Å². The Hall–Kier alpha value is -3.01. The molecule has 0 spiro atoms. The Kier molecular flexibility index (Phi) is 6.59. The molecule has 164 valence electrons. The van der Waals surface area contributed by atoms with Crippen LogP contribution in [0, 0.1) is 45.7 Å². The third kappa shape index (κ3) is 4.53. The van der Waals surface area contributed by atoms with Crippen LogP contribution < -0.4 is 0 Å². The third-order valence-corrected chi connectivity index (χ3v) is 7.22. The number of amidine groups is 1. The summed E-state index contributed by atoms with van der Waals surface area (Å²) >= 11 is 0. The van der Waals surface area contributed by atoms with Crippen molar-refractivity contribution >= 4 is 17.5 Å². The highest BCUT2D eigenvalue weighted by Crippen LogP contribution is 2.43. The van der Waals surface area contributed by atoms with E-state index in [1.165, 1.54) is 24.3 Å². The number of hydrogen-bond donors (Lipinski definition) is 2. The van der Waals surface area contributed by atoms with E-state index < -0.39 is 0 Å². The minimum Gasteiger partial charge on any atom is -0.356 e. The summed E-state index contributed by atoms with van der Waals surface area (Å²) in [5.74, 6) is 0.404. The first-order valence-electron chi connectivity index (χ1n) is 10.7. The van der Waals surface area contributed by atoms with Crippen molar-refractivity contribution in [2.75, 3.05) is 26.2 Å².